The van der Waals surface area contributed by atoms with Gasteiger partial charge in [-0.25, -0.2) is 0 Å². The highest BCUT2D eigenvalue weighted by molar-refractivity contribution is 5.66. The Labute approximate surface area is 236 Å². The number of ether oxygens (including phenoxy) is 4. The third-order valence-corrected chi connectivity index (χ3v) is 6.63. The van der Waals surface area contributed by atoms with Crippen LogP contribution in [0.3, 0.4) is 0 Å². The molecule has 0 aliphatic rings. The number of nitrogens with zero attached hydrogens (tertiary/aromatic N) is 1. The average molecular weight is 542 g/mol. The van der Waals surface area contributed by atoms with Gasteiger partial charge in [0.05, 0.1) is 12.4 Å². The van der Waals surface area contributed by atoms with E-state index in [1.807, 2.05) is 19.0 Å². The van der Waals surface area contributed by atoms with Gasteiger partial charge >= 0.3 is 5.97 Å². The van der Waals surface area contributed by atoms with E-state index in [0.29, 0.717) is 38.5 Å². The number of hydrogen-bond acceptors (Lipinski definition) is 6. The molecule has 0 aromatic carbocycles. The van der Waals surface area contributed by atoms with Crippen LogP contribution < -0.4 is 0 Å². The molecule has 0 heterocycles. The molecule has 6 heteroatoms. The monoisotopic (exact) mass is 541 g/mol. The van der Waals surface area contributed by atoms with Gasteiger partial charge in [0, 0.05) is 33.1 Å². The summed E-state index contributed by atoms with van der Waals surface area (Å²) < 4.78 is 23.3. The number of esters is 1. The van der Waals surface area contributed by atoms with Gasteiger partial charge in [-0.2, -0.15) is 0 Å². The van der Waals surface area contributed by atoms with E-state index in [0.717, 1.165) is 25.9 Å². The van der Waals surface area contributed by atoms with Crippen LogP contribution in [0.4, 0.5) is 0 Å². The minimum Gasteiger partial charge on any atom is -0.496 e. The molecule has 0 rings (SSSR count). The normalized spacial score (nSPS) is 13.0. The third-order valence-electron chi connectivity index (χ3n) is 6.63. The van der Waals surface area contributed by atoms with Gasteiger partial charge in [-0.15, -0.1) is 0 Å². The summed E-state index contributed by atoms with van der Waals surface area (Å²) in [5.41, 5.74) is 0. The minimum absolute atomic E-state index is 0.119. The molecule has 0 amide bonds. The van der Waals surface area contributed by atoms with Crippen molar-refractivity contribution >= 4 is 5.97 Å². The number of unbranched alkanes of at least 4 members (excludes halogenated alkanes) is 14. The van der Waals surface area contributed by atoms with E-state index < -0.39 is 0 Å². The molecule has 0 aliphatic carbocycles. The summed E-state index contributed by atoms with van der Waals surface area (Å²) in [6.07, 6.45) is 21.2. The van der Waals surface area contributed by atoms with Crippen LogP contribution in [0.5, 0.6) is 0 Å². The molecule has 0 spiro atoms. The molecular weight excluding hydrogens is 478 g/mol. The van der Waals surface area contributed by atoms with Gasteiger partial charge in [0.15, 0.2) is 0 Å². The van der Waals surface area contributed by atoms with Crippen LogP contribution in [-0.2, 0) is 23.7 Å². The highest BCUT2D eigenvalue weighted by Gasteiger charge is 2.17. The summed E-state index contributed by atoms with van der Waals surface area (Å²) in [7, 11) is 3.90. The first-order valence-corrected chi connectivity index (χ1v) is 15.7. The lowest BCUT2D eigenvalue weighted by Gasteiger charge is -2.23. The fourth-order valence-electron chi connectivity index (χ4n) is 4.46. The van der Waals surface area contributed by atoms with E-state index in [1.54, 1.807) is 0 Å². The van der Waals surface area contributed by atoms with E-state index in [-0.39, 0.29) is 18.2 Å². The molecule has 0 saturated carbocycles. The molecule has 2 unspecified atom stereocenters. The van der Waals surface area contributed by atoms with Crippen molar-refractivity contribution in [3.05, 3.63) is 12.3 Å². The number of rotatable bonds is 29. The fraction of sp³-hybridized carbons (Fsp3) is 0.906. The number of hydrogen-bond donors (Lipinski definition) is 0. The van der Waals surface area contributed by atoms with E-state index in [9.17, 15) is 4.79 Å². The lowest BCUT2D eigenvalue weighted by atomic mass is 10.0. The number of carbonyl (C=O) groups excluding carboxylic acids is 1. The molecule has 0 aromatic rings. The van der Waals surface area contributed by atoms with Gasteiger partial charge in [-0.3, -0.25) is 4.79 Å². The quantitative estimate of drug-likeness (QED) is 0.0542. The molecule has 2 atom stereocenters. The van der Waals surface area contributed by atoms with E-state index in [4.69, 9.17) is 18.9 Å². The molecule has 0 bridgehead atoms. The van der Waals surface area contributed by atoms with Crippen molar-refractivity contribution in [1.82, 2.24) is 4.90 Å². The SMILES string of the molecule is C=C(CC(CN(C)C)OC(C)=O)OCC(COCCCCCCCCCCCCCCCC)OCCCC. The molecule has 0 aromatic heterocycles. The number of likely N-dealkylation sites (N-methyl/N-ethyl adjacent to an activating group) is 1. The number of carbonyl (C=O) groups is 1. The van der Waals surface area contributed by atoms with E-state index in [2.05, 4.69) is 20.4 Å². The molecule has 226 valence electrons. The van der Waals surface area contributed by atoms with Gasteiger partial charge in [0.1, 0.15) is 18.8 Å². The first kappa shape index (κ1) is 36.9. The van der Waals surface area contributed by atoms with Crippen LogP contribution in [0.2, 0.25) is 0 Å². The smallest absolute Gasteiger partial charge is 0.302 e. The largest absolute Gasteiger partial charge is 0.496 e. The van der Waals surface area contributed by atoms with Crippen molar-refractivity contribution in [1.29, 1.82) is 0 Å². The predicted molar refractivity (Wildman–Crippen MR) is 160 cm³/mol. The van der Waals surface area contributed by atoms with Crippen molar-refractivity contribution in [2.24, 2.45) is 0 Å². The zero-order valence-corrected chi connectivity index (χ0v) is 25.9. The maximum atomic E-state index is 11.4. The van der Waals surface area contributed by atoms with Gasteiger partial charge < -0.3 is 23.8 Å². The molecular formula is C32H63NO5. The van der Waals surface area contributed by atoms with Crippen molar-refractivity contribution in [3.8, 4) is 0 Å². The van der Waals surface area contributed by atoms with Gasteiger partial charge in [0.25, 0.3) is 0 Å². The molecule has 38 heavy (non-hydrogen) atoms. The first-order chi connectivity index (χ1) is 18.4. The summed E-state index contributed by atoms with van der Waals surface area (Å²) in [6, 6.07) is 0. The Balaban J connectivity index is 3.95. The summed E-state index contributed by atoms with van der Waals surface area (Å²) >= 11 is 0. The maximum Gasteiger partial charge on any atom is 0.302 e. The Bertz CT molecular complexity index is 540. The van der Waals surface area contributed by atoms with Crippen molar-refractivity contribution in [2.45, 2.75) is 142 Å². The molecule has 0 radical (unpaired) electrons. The van der Waals surface area contributed by atoms with Crippen LogP contribution in [0, 0.1) is 0 Å². The van der Waals surface area contributed by atoms with Crippen LogP contribution in [0.15, 0.2) is 12.3 Å². The highest BCUT2D eigenvalue weighted by Crippen LogP contribution is 2.14. The Morgan fingerprint density at radius 2 is 1.24 bits per heavy atom. The molecule has 0 saturated heterocycles. The molecule has 0 N–H and O–H groups in total. The summed E-state index contributed by atoms with van der Waals surface area (Å²) in [4.78, 5) is 13.4. The Morgan fingerprint density at radius 3 is 1.74 bits per heavy atom. The van der Waals surface area contributed by atoms with E-state index in [1.165, 1.54) is 90.4 Å². The van der Waals surface area contributed by atoms with Gasteiger partial charge in [-0.1, -0.05) is 110 Å². The zero-order valence-electron chi connectivity index (χ0n) is 25.9. The summed E-state index contributed by atoms with van der Waals surface area (Å²) in [5, 5.41) is 0. The van der Waals surface area contributed by atoms with Crippen molar-refractivity contribution in [2.75, 3.05) is 47.1 Å². The summed E-state index contributed by atoms with van der Waals surface area (Å²) in [5.74, 6) is 0.316. The third kappa shape index (κ3) is 26.5. The maximum absolute atomic E-state index is 11.4. The Morgan fingerprint density at radius 1 is 0.711 bits per heavy atom. The average Bonchev–Trinajstić information content (AvgIpc) is 2.85. The standard InChI is InChI=1S/C32H63NO5/c1-7-9-11-12-13-14-15-16-17-18-19-20-21-22-23-35-27-32(36-24-10-8-2)28-37-29(3)25-31(26-33(5)6)38-30(4)34/h31-32H,3,7-28H2,1-2,4-6H3. The lowest BCUT2D eigenvalue weighted by molar-refractivity contribution is -0.147. The van der Waals surface area contributed by atoms with Crippen molar-refractivity contribution < 1.29 is 23.7 Å². The second-order valence-corrected chi connectivity index (χ2v) is 11.1. The van der Waals surface area contributed by atoms with Crippen molar-refractivity contribution in [3.63, 3.8) is 0 Å². The van der Waals surface area contributed by atoms with Crippen LogP contribution in [-0.4, -0.2) is 70.1 Å². The predicted octanol–water partition coefficient (Wildman–Crippen LogP) is 8.08. The minimum atomic E-state index is -0.290. The molecule has 0 fully saturated rings. The Hall–Kier alpha value is -1.11. The summed E-state index contributed by atoms with van der Waals surface area (Å²) in [6.45, 7) is 12.9. The zero-order chi connectivity index (χ0) is 28.3. The van der Waals surface area contributed by atoms with Crippen LogP contribution in [0.1, 0.15) is 130 Å². The molecule has 0 aliphatic heterocycles. The second-order valence-electron chi connectivity index (χ2n) is 11.1. The topological polar surface area (TPSA) is 57.2 Å². The highest BCUT2D eigenvalue weighted by atomic mass is 16.6. The van der Waals surface area contributed by atoms with Gasteiger partial charge in [0.2, 0.25) is 0 Å². The van der Waals surface area contributed by atoms with Gasteiger partial charge in [-0.05, 0) is 26.9 Å². The van der Waals surface area contributed by atoms with Crippen LogP contribution >= 0.6 is 0 Å². The lowest BCUT2D eigenvalue weighted by Crippen LogP contribution is -2.31. The van der Waals surface area contributed by atoms with Crippen LogP contribution in [0.25, 0.3) is 0 Å². The fourth-order valence-corrected chi connectivity index (χ4v) is 4.46. The Kier molecular flexibility index (Phi) is 26.7. The van der Waals surface area contributed by atoms with E-state index >= 15 is 0 Å². The first-order valence-electron chi connectivity index (χ1n) is 15.7. The molecule has 6 nitrogen and oxygen atoms in total. The second kappa shape index (κ2) is 27.5.